The predicted octanol–water partition coefficient (Wildman–Crippen LogP) is 2.04. The van der Waals surface area contributed by atoms with Crippen molar-refractivity contribution in [1.82, 2.24) is 5.32 Å². The maximum Gasteiger partial charge on any atom is 0.408 e. The molecule has 1 aliphatic heterocycles. The largest absolute Gasteiger partial charge is 0.493 e. The molecule has 1 saturated heterocycles. The van der Waals surface area contributed by atoms with Crippen molar-refractivity contribution in [2.75, 3.05) is 13.7 Å². The molecule has 1 aromatic rings. The number of carbonyl (C=O) groups excluding carboxylic acids is 2. The number of alkyl halides is 2. The van der Waals surface area contributed by atoms with E-state index in [0.29, 0.717) is 0 Å². The lowest BCUT2D eigenvalue weighted by atomic mass is 9.99. The average molecular weight is 301 g/mol. The molecule has 1 aliphatic rings. The highest BCUT2D eigenvalue weighted by atomic mass is 19.3. The second-order valence-corrected chi connectivity index (χ2v) is 4.42. The van der Waals surface area contributed by atoms with Gasteiger partial charge in [0, 0.05) is 6.92 Å². The van der Waals surface area contributed by atoms with Crippen LogP contribution in [0.3, 0.4) is 0 Å². The van der Waals surface area contributed by atoms with Gasteiger partial charge in [-0.25, -0.2) is 13.6 Å². The fraction of sp³-hybridized carbons (Fsp3) is 0.385. The number of carbonyl (C=O) groups is 2. The standard InChI is InChI=1S/C13H13F2NO5/c1-7(17)21-9-4-3-8(5-10(9)19-2)11-13(14,15)6-20-12(18)16-11/h3-5,11H,6H2,1-2H3,(H,16,18)/t11-/m0/s1. The minimum Gasteiger partial charge on any atom is -0.493 e. The number of alkyl carbamates (subject to hydrolysis) is 1. The molecule has 0 aromatic heterocycles. The summed E-state index contributed by atoms with van der Waals surface area (Å²) in [5.41, 5.74) is 0.115. The summed E-state index contributed by atoms with van der Waals surface area (Å²) in [6, 6.07) is 2.39. The molecule has 6 nitrogen and oxygen atoms in total. The van der Waals surface area contributed by atoms with E-state index >= 15 is 0 Å². The Labute approximate surface area is 119 Å². The third-order valence-electron chi connectivity index (χ3n) is 2.85. The quantitative estimate of drug-likeness (QED) is 0.683. The lowest BCUT2D eigenvalue weighted by Crippen LogP contribution is -2.49. The normalized spacial score (nSPS) is 20.2. The van der Waals surface area contributed by atoms with Gasteiger partial charge in [0.2, 0.25) is 0 Å². The number of esters is 1. The summed E-state index contributed by atoms with van der Waals surface area (Å²) in [6.07, 6.45) is -0.922. The molecule has 114 valence electrons. The Morgan fingerprint density at radius 1 is 1.43 bits per heavy atom. The second-order valence-electron chi connectivity index (χ2n) is 4.42. The maximum absolute atomic E-state index is 13.8. The first-order valence-corrected chi connectivity index (χ1v) is 6.01. The summed E-state index contributed by atoms with van der Waals surface area (Å²) < 4.78 is 41.8. The zero-order valence-electron chi connectivity index (χ0n) is 11.3. The Morgan fingerprint density at radius 2 is 2.14 bits per heavy atom. The molecule has 0 bridgehead atoms. The molecule has 21 heavy (non-hydrogen) atoms. The number of nitrogens with one attached hydrogen (secondary N) is 1. The van der Waals surface area contributed by atoms with Crippen molar-refractivity contribution in [3.63, 3.8) is 0 Å². The van der Waals surface area contributed by atoms with Gasteiger partial charge in [-0.1, -0.05) is 6.07 Å². The maximum atomic E-state index is 13.8. The van der Waals surface area contributed by atoms with Crippen molar-refractivity contribution in [3.05, 3.63) is 23.8 Å². The first kappa shape index (κ1) is 15.0. The van der Waals surface area contributed by atoms with E-state index in [-0.39, 0.29) is 17.1 Å². The fourth-order valence-electron chi connectivity index (χ4n) is 1.94. The van der Waals surface area contributed by atoms with E-state index in [9.17, 15) is 18.4 Å². The Bertz CT molecular complexity index is 576. The SMILES string of the molecule is COc1cc([C@@H]2NC(=O)OCC2(F)F)ccc1OC(C)=O. The molecule has 1 N–H and O–H groups in total. The van der Waals surface area contributed by atoms with Crippen molar-refractivity contribution < 1.29 is 32.6 Å². The zero-order valence-corrected chi connectivity index (χ0v) is 11.3. The Morgan fingerprint density at radius 3 is 2.76 bits per heavy atom. The van der Waals surface area contributed by atoms with E-state index in [1.807, 2.05) is 0 Å². The molecule has 0 radical (unpaired) electrons. The Hall–Kier alpha value is -2.38. The topological polar surface area (TPSA) is 73.9 Å². The number of hydrogen-bond donors (Lipinski definition) is 1. The summed E-state index contributed by atoms with van der Waals surface area (Å²) in [5.74, 6) is -3.61. The molecule has 0 saturated carbocycles. The van der Waals surface area contributed by atoms with Gasteiger partial charge in [-0.3, -0.25) is 4.79 Å². The van der Waals surface area contributed by atoms with Crippen LogP contribution in [0.15, 0.2) is 18.2 Å². The van der Waals surface area contributed by atoms with Crippen molar-refractivity contribution in [2.45, 2.75) is 18.9 Å². The van der Waals surface area contributed by atoms with Gasteiger partial charge < -0.3 is 19.5 Å². The van der Waals surface area contributed by atoms with Crippen LogP contribution in [-0.4, -0.2) is 31.7 Å². The molecular weight excluding hydrogens is 288 g/mol. The van der Waals surface area contributed by atoms with Gasteiger partial charge in [-0.2, -0.15) is 0 Å². The van der Waals surface area contributed by atoms with Crippen molar-refractivity contribution in [2.24, 2.45) is 0 Å². The van der Waals surface area contributed by atoms with Crippen LogP contribution in [0.1, 0.15) is 18.5 Å². The third-order valence-corrected chi connectivity index (χ3v) is 2.85. The minimum atomic E-state index is -3.26. The number of amides is 1. The summed E-state index contributed by atoms with van der Waals surface area (Å²) in [4.78, 5) is 22.1. The summed E-state index contributed by atoms with van der Waals surface area (Å²) in [6.45, 7) is 0.206. The van der Waals surface area contributed by atoms with Crippen LogP contribution in [0.2, 0.25) is 0 Å². The number of methoxy groups -OCH3 is 1. The predicted molar refractivity (Wildman–Crippen MR) is 66.5 cm³/mol. The molecule has 2 rings (SSSR count). The molecule has 1 aromatic carbocycles. The van der Waals surface area contributed by atoms with E-state index in [0.717, 1.165) is 0 Å². The minimum absolute atomic E-state index is 0.107. The highest BCUT2D eigenvalue weighted by Gasteiger charge is 2.47. The molecule has 1 fully saturated rings. The van der Waals surface area contributed by atoms with Gasteiger partial charge in [0.25, 0.3) is 0 Å². The number of ether oxygens (including phenoxy) is 3. The lowest BCUT2D eigenvalue weighted by molar-refractivity contribution is -0.132. The molecule has 0 aliphatic carbocycles. The highest BCUT2D eigenvalue weighted by Crippen LogP contribution is 2.38. The van der Waals surface area contributed by atoms with Crippen LogP contribution < -0.4 is 14.8 Å². The van der Waals surface area contributed by atoms with Crippen LogP contribution in [0.4, 0.5) is 13.6 Å². The molecule has 1 atom stereocenters. The Kier molecular flexibility index (Phi) is 3.97. The number of hydrogen-bond acceptors (Lipinski definition) is 5. The summed E-state index contributed by atoms with van der Waals surface area (Å²) in [5, 5.41) is 2.06. The first-order chi connectivity index (χ1) is 9.83. The number of cyclic esters (lactones) is 1. The zero-order chi connectivity index (χ0) is 15.6. The molecule has 0 spiro atoms. The van der Waals surface area contributed by atoms with Crippen LogP contribution in [0, 0.1) is 0 Å². The summed E-state index contributed by atoms with van der Waals surface area (Å²) in [7, 11) is 1.31. The number of rotatable bonds is 3. The summed E-state index contributed by atoms with van der Waals surface area (Å²) >= 11 is 0. The van der Waals surface area contributed by atoms with Crippen molar-refractivity contribution in [3.8, 4) is 11.5 Å². The Balaban J connectivity index is 2.35. The van der Waals surface area contributed by atoms with E-state index in [1.54, 1.807) is 0 Å². The van der Waals surface area contributed by atoms with Gasteiger partial charge in [0.05, 0.1) is 7.11 Å². The van der Waals surface area contributed by atoms with Crippen LogP contribution in [0.25, 0.3) is 0 Å². The van der Waals surface area contributed by atoms with Crippen LogP contribution >= 0.6 is 0 Å². The number of halogens is 2. The van der Waals surface area contributed by atoms with Crippen molar-refractivity contribution >= 4 is 12.1 Å². The van der Waals surface area contributed by atoms with Crippen LogP contribution in [-0.2, 0) is 9.53 Å². The van der Waals surface area contributed by atoms with Gasteiger partial charge in [-0.05, 0) is 17.7 Å². The first-order valence-electron chi connectivity index (χ1n) is 6.01. The molecule has 0 unspecified atom stereocenters. The highest BCUT2D eigenvalue weighted by molar-refractivity contribution is 5.71. The van der Waals surface area contributed by atoms with E-state index in [4.69, 9.17) is 9.47 Å². The fourth-order valence-corrected chi connectivity index (χ4v) is 1.94. The van der Waals surface area contributed by atoms with Crippen LogP contribution in [0.5, 0.6) is 11.5 Å². The van der Waals surface area contributed by atoms with E-state index in [1.165, 1.54) is 32.2 Å². The van der Waals surface area contributed by atoms with Gasteiger partial charge >= 0.3 is 18.0 Å². The van der Waals surface area contributed by atoms with Gasteiger partial charge in [-0.15, -0.1) is 0 Å². The second kappa shape index (κ2) is 5.55. The van der Waals surface area contributed by atoms with Gasteiger partial charge in [0.1, 0.15) is 6.04 Å². The molecule has 1 heterocycles. The van der Waals surface area contributed by atoms with Gasteiger partial charge in [0.15, 0.2) is 18.1 Å². The van der Waals surface area contributed by atoms with E-state index in [2.05, 4.69) is 10.1 Å². The number of benzene rings is 1. The lowest BCUT2D eigenvalue weighted by Gasteiger charge is -2.32. The monoisotopic (exact) mass is 301 g/mol. The molecule has 1 amide bonds. The molecular formula is C13H13F2NO5. The van der Waals surface area contributed by atoms with E-state index < -0.39 is 30.6 Å². The smallest absolute Gasteiger partial charge is 0.408 e. The van der Waals surface area contributed by atoms with Crippen molar-refractivity contribution in [1.29, 1.82) is 0 Å². The molecule has 8 heteroatoms. The third kappa shape index (κ3) is 3.21. The average Bonchev–Trinajstić information content (AvgIpc) is 2.41.